The van der Waals surface area contributed by atoms with Crippen molar-refractivity contribution in [3.8, 4) is 0 Å². The smallest absolute Gasteiger partial charge is 0.0453 e. The monoisotopic (exact) mass is 313 g/mol. The average Bonchev–Trinajstić information content (AvgIpc) is 2.69. The summed E-state index contributed by atoms with van der Waals surface area (Å²) in [5.41, 5.74) is 1.20. The van der Waals surface area contributed by atoms with Gasteiger partial charge in [0.25, 0.3) is 0 Å². The van der Waals surface area contributed by atoms with Gasteiger partial charge < -0.3 is 5.32 Å². The molecule has 1 aliphatic carbocycles. The Morgan fingerprint density at radius 2 is 1.85 bits per heavy atom. The lowest BCUT2D eigenvalue weighted by Gasteiger charge is -2.23. The molecule has 0 amide bonds. The van der Waals surface area contributed by atoms with Crippen LogP contribution in [0, 0.1) is 5.92 Å². The van der Waals surface area contributed by atoms with E-state index in [1.807, 2.05) is 12.1 Å². The van der Waals surface area contributed by atoms with E-state index in [2.05, 4.69) is 18.4 Å². The second-order valence-corrected chi connectivity index (χ2v) is 6.86. The van der Waals surface area contributed by atoms with Gasteiger partial charge in [-0.2, -0.15) is 0 Å². The Balaban J connectivity index is 1.93. The summed E-state index contributed by atoms with van der Waals surface area (Å²) in [5, 5.41) is 4.97. The van der Waals surface area contributed by atoms with Crippen molar-refractivity contribution in [3.05, 3.63) is 33.8 Å². The zero-order chi connectivity index (χ0) is 14.4. The minimum atomic E-state index is 0.511. The average molecular weight is 314 g/mol. The molecule has 0 spiro atoms. The van der Waals surface area contributed by atoms with Gasteiger partial charge in [0.2, 0.25) is 0 Å². The molecule has 20 heavy (non-hydrogen) atoms. The normalized spacial score (nSPS) is 18.8. The summed E-state index contributed by atoms with van der Waals surface area (Å²) in [7, 11) is 2.06. The third-order valence-electron chi connectivity index (χ3n) is 4.48. The molecule has 0 radical (unpaired) electrons. The Bertz CT molecular complexity index is 411. The third-order valence-corrected chi connectivity index (χ3v) is 5.07. The van der Waals surface area contributed by atoms with E-state index in [9.17, 15) is 0 Å². The van der Waals surface area contributed by atoms with E-state index in [-0.39, 0.29) is 0 Å². The van der Waals surface area contributed by atoms with Gasteiger partial charge in [-0.15, -0.1) is 0 Å². The zero-order valence-corrected chi connectivity index (χ0v) is 13.8. The predicted octanol–water partition coefficient (Wildman–Crippen LogP) is 5.48. The zero-order valence-electron chi connectivity index (χ0n) is 12.3. The fraction of sp³-hybridized carbons (Fsp3) is 0.647. The topological polar surface area (TPSA) is 12.0 Å². The highest BCUT2D eigenvalue weighted by atomic mass is 35.5. The Hall–Kier alpha value is -0.240. The van der Waals surface area contributed by atoms with Crippen LogP contribution in [0.15, 0.2) is 18.2 Å². The van der Waals surface area contributed by atoms with Crippen LogP contribution in [0.25, 0.3) is 0 Å². The lowest BCUT2D eigenvalue weighted by molar-refractivity contribution is 0.361. The molecule has 1 aromatic carbocycles. The molecule has 1 N–H and O–H groups in total. The number of likely N-dealkylation sites (N-methyl/N-ethyl adjacent to an activating group) is 1. The molecule has 3 heteroatoms. The fourth-order valence-corrected chi connectivity index (χ4v) is 3.74. The Labute approximate surface area is 133 Å². The Morgan fingerprint density at radius 3 is 2.45 bits per heavy atom. The molecule has 1 aromatic rings. The van der Waals surface area contributed by atoms with Gasteiger partial charge in [-0.1, -0.05) is 67.8 Å². The minimum absolute atomic E-state index is 0.511. The van der Waals surface area contributed by atoms with E-state index in [0.717, 1.165) is 17.4 Å². The van der Waals surface area contributed by atoms with E-state index in [4.69, 9.17) is 23.2 Å². The fourth-order valence-electron chi connectivity index (χ4n) is 3.26. The Kier molecular flexibility index (Phi) is 6.67. The van der Waals surface area contributed by atoms with Gasteiger partial charge in [0.15, 0.2) is 0 Å². The third kappa shape index (κ3) is 4.95. The number of hydrogen-bond acceptors (Lipinski definition) is 1. The summed E-state index contributed by atoms with van der Waals surface area (Å²) >= 11 is 12.2. The summed E-state index contributed by atoms with van der Waals surface area (Å²) in [6.45, 7) is 0. The summed E-state index contributed by atoms with van der Waals surface area (Å²) in [4.78, 5) is 0. The van der Waals surface area contributed by atoms with Crippen LogP contribution in [0.1, 0.15) is 50.5 Å². The van der Waals surface area contributed by atoms with Gasteiger partial charge in [0.05, 0.1) is 0 Å². The molecule has 1 fully saturated rings. The highest BCUT2D eigenvalue weighted by Gasteiger charge is 2.18. The van der Waals surface area contributed by atoms with Gasteiger partial charge in [-0.05, 0) is 43.5 Å². The Morgan fingerprint density at radius 1 is 1.15 bits per heavy atom. The maximum absolute atomic E-state index is 6.29. The highest BCUT2D eigenvalue weighted by molar-refractivity contribution is 6.35. The largest absolute Gasteiger partial charge is 0.317 e. The first-order valence-electron chi connectivity index (χ1n) is 7.80. The van der Waals surface area contributed by atoms with Crippen molar-refractivity contribution in [2.75, 3.05) is 7.05 Å². The number of benzene rings is 1. The molecule has 2 rings (SSSR count). The van der Waals surface area contributed by atoms with Crippen molar-refractivity contribution in [1.29, 1.82) is 0 Å². The molecule has 0 heterocycles. The van der Waals surface area contributed by atoms with Crippen LogP contribution >= 0.6 is 23.2 Å². The molecule has 1 aliphatic rings. The molecule has 0 aromatic heterocycles. The number of hydrogen-bond donors (Lipinski definition) is 1. The van der Waals surface area contributed by atoms with Crippen molar-refractivity contribution in [1.82, 2.24) is 5.32 Å². The van der Waals surface area contributed by atoms with Crippen LogP contribution in [0.2, 0.25) is 10.0 Å². The molecule has 0 bridgehead atoms. The second kappa shape index (κ2) is 8.26. The van der Waals surface area contributed by atoms with E-state index in [0.29, 0.717) is 11.1 Å². The molecule has 1 unspecified atom stereocenters. The van der Waals surface area contributed by atoms with Crippen LogP contribution in [0.5, 0.6) is 0 Å². The lowest BCUT2D eigenvalue weighted by Crippen LogP contribution is -2.30. The predicted molar refractivity (Wildman–Crippen MR) is 88.8 cm³/mol. The maximum atomic E-state index is 6.29. The summed E-state index contributed by atoms with van der Waals surface area (Å²) in [5.74, 6) is 0.876. The van der Waals surface area contributed by atoms with Crippen molar-refractivity contribution < 1.29 is 0 Å². The molecule has 1 atom stereocenters. The van der Waals surface area contributed by atoms with Gasteiger partial charge in [-0.25, -0.2) is 0 Å². The molecule has 112 valence electrons. The first-order valence-corrected chi connectivity index (χ1v) is 8.56. The molecular weight excluding hydrogens is 289 g/mol. The van der Waals surface area contributed by atoms with E-state index >= 15 is 0 Å². The van der Waals surface area contributed by atoms with Crippen LogP contribution in [-0.2, 0) is 6.42 Å². The second-order valence-electron chi connectivity index (χ2n) is 6.02. The van der Waals surface area contributed by atoms with Crippen LogP contribution in [0.3, 0.4) is 0 Å². The summed E-state index contributed by atoms with van der Waals surface area (Å²) in [6, 6.07) is 6.34. The van der Waals surface area contributed by atoms with Crippen LogP contribution < -0.4 is 5.32 Å². The van der Waals surface area contributed by atoms with Gasteiger partial charge in [0, 0.05) is 16.1 Å². The first-order chi connectivity index (χ1) is 9.69. The van der Waals surface area contributed by atoms with Crippen molar-refractivity contribution >= 4 is 23.2 Å². The van der Waals surface area contributed by atoms with Crippen LogP contribution in [0.4, 0.5) is 0 Å². The number of nitrogens with one attached hydrogen (secondary N) is 1. The van der Waals surface area contributed by atoms with Crippen molar-refractivity contribution in [2.24, 2.45) is 5.92 Å². The standard InChI is InChI=1S/C17H25Cl2N/c1-20-16(10-13-6-4-2-3-5-7-13)11-14-8-9-15(18)12-17(14)19/h8-9,12-13,16,20H,2-7,10-11H2,1H3. The summed E-state index contributed by atoms with van der Waals surface area (Å²) in [6.07, 6.45) is 10.7. The van der Waals surface area contributed by atoms with E-state index < -0.39 is 0 Å². The SMILES string of the molecule is CNC(Cc1ccc(Cl)cc1Cl)CC1CCCCCC1. The quantitative estimate of drug-likeness (QED) is 0.709. The van der Waals surface area contributed by atoms with Gasteiger partial charge in [-0.3, -0.25) is 0 Å². The van der Waals surface area contributed by atoms with Gasteiger partial charge >= 0.3 is 0 Å². The molecule has 0 saturated heterocycles. The summed E-state index contributed by atoms with van der Waals surface area (Å²) < 4.78 is 0. The van der Waals surface area contributed by atoms with E-state index in [1.54, 1.807) is 0 Å². The van der Waals surface area contributed by atoms with Crippen LogP contribution in [-0.4, -0.2) is 13.1 Å². The lowest BCUT2D eigenvalue weighted by atomic mass is 9.90. The van der Waals surface area contributed by atoms with Gasteiger partial charge in [0.1, 0.15) is 0 Å². The maximum Gasteiger partial charge on any atom is 0.0453 e. The highest BCUT2D eigenvalue weighted by Crippen LogP contribution is 2.28. The molecule has 1 nitrogen and oxygen atoms in total. The van der Waals surface area contributed by atoms with Crippen molar-refractivity contribution in [2.45, 2.75) is 57.4 Å². The minimum Gasteiger partial charge on any atom is -0.317 e. The number of rotatable bonds is 5. The first kappa shape index (κ1) is 16.1. The molecule has 1 saturated carbocycles. The number of halogens is 2. The molecule has 0 aliphatic heterocycles. The van der Waals surface area contributed by atoms with Crippen molar-refractivity contribution in [3.63, 3.8) is 0 Å². The molecular formula is C17H25Cl2N. The van der Waals surface area contributed by atoms with E-state index in [1.165, 1.54) is 50.5 Å².